The van der Waals surface area contributed by atoms with Crippen molar-refractivity contribution < 1.29 is 9.59 Å². The molecule has 0 aliphatic carbocycles. The molecule has 0 bridgehead atoms. The summed E-state index contributed by atoms with van der Waals surface area (Å²) in [4.78, 5) is 31.9. The lowest BCUT2D eigenvalue weighted by Gasteiger charge is -2.34. The topological polar surface area (TPSA) is 53.5 Å². The smallest absolute Gasteiger partial charge is 0.233 e. The van der Waals surface area contributed by atoms with Gasteiger partial charge in [0.2, 0.25) is 11.8 Å². The maximum atomic E-state index is 12.4. The summed E-state index contributed by atoms with van der Waals surface area (Å²) in [6.45, 7) is 6.11. The van der Waals surface area contributed by atoms with Crippen LogP contribution in [0.15, 0.2) is 35.4 Å². The summed E-state index contributed by atoms with van der Waals surface area (Å²) >= 11 is 1.48. The zero-order valence-corrected chi connectivity index (χ0v) is 14.8. The Morgan fingerprint density at radius 3 is 2.50 bits per heavy atom. The van der Waals surface area contributed by atoms with Gasteiger partial charge in [-0.2, -0.15) is 0 Å². The standard InChI is InChI=1S/C18H21N3O2S/c1-13-11-17(19-16-6-4-3-5-15(13)16)24-12-18(23)21-9-7-20(8-10-21)14(2)22/h3-6,11H,7-10,12H2,1-2H3. The van der Waals surface area contributed by atoms with Crippen molar-refractivity contribution in [3.63, 3.8) is 0 Å². The molecule has 2 amide bonds. The van der Waals surface area contributed by atoms with E-state index in [-0.39, 0.29) is 11.8 Å². The Morgan fingerprint density at radius 2 is 1.79 bits per heavy atom. The number of hydrogen-bond acceptors (Lipinski definition) is 4. The molecular weight excluding hydrogens is 322 g/mol. The zero-order chi connectivity index (χ0) is 17.1. The van der Waals surface area contributed by atoms with Crippen LogP contribution in [0.25, 0.3) is 10.9 Å². The Morgan fingerprint density at radius 1 is 1.12 bits per heavy atom. The van der Waals surface area contributed by atoms with Crippen molar-refractivity contribution in [3.05, 3.63) is 35.9 Å². The fourth-order valence-electron chi connectivity index (χ4n) is 2.89. The monoisotopic (exact) mass is 343 g/mol. The lowest BCUT2D eigenvalue weighted by atomic mass is 10.1. The molecule has 6 heteroatoms. The minimum absolute atomic E-state index is 0.0762. The highest BCUT2D eigenvalue weighted by Crippen LogP contribution is 2.23. The summed E-state index contributed by atoms with van der Waals surface area (Å²) in [5, 5.41) is 2.02. The third-order valence-corrected chi connectivity index (χ3v) is 5.22. The van der Waals surface area contributed by atoms with E-state index in [9.17, 15) is 9.59 Å². The van der Waals surface area contributed by atoms with Crippen LogP contribution in [0.5, 0.6) is 0 Å². The third kappa shape index (κ3) is 3.70. The van der Waals surface area contributed by atoms with Gasteiger partial charge in [-0.25, -0.2) is 4.98 Å². The van der Waals surface area contributed by atoms with E-state index >= 15 is 0 Å². The molecule has 0 radical (unpaired) electrons. The Labute approximate surface area is 146 Å². The third-order valence-electron chi connectivity index (χ3n) is 4.32. The van der Waals surface area contributed by atoms with Gasteiger partial charge in [0, 0.05) is 38.5 Å². The maximum absolute atomic E-state index is 12.4. The lowest BCUT2D eigenvalue weighted by Crippen LogP contribution is -2.50. The van der Waals surface area contributed by atoms with Gasteiger partial charge in [-0.05, 0) is 24.6 Å². The summed E-state index contributed by atoms with van der Waals surface area (Å²) < 4.78 is 0. The molecule has 0 saturated carbocycles. The minimum atomic E-state index is 0.0762. The van der Waals surface area contributed by atoms with Crippen molar-refractivity contribution >= 4 is 34.5 Å². The van der Waals surface area contributed by atoms with E-state index in [1.165, 1.54) is 17.3 Å². The molecule has 0 spiro atoms. The molecular formula is C18H21N3O2S. The second-order valence-electron chi connectivity index (χ2n) is 5.97. The zero-order valence-electron chi connectivity index (χ0n) is 14.0. The quantitative estimate of drug-likeness (QED) is 0.803. The predicted molar refractivity (Wildman–Crippen MR) is 96.0 cm³/mol. The average molecular weight is 343 g/mol. The van der Waals surface area contributed by atoms with Gasteiger partial charge in [0.1, 0.15) is 0 Å². The van der Waals surface area contributed by atoms with Crippen molar-refractivity contribution in [2.45, 2.75) is 18.9 Å². The number of fused-ring (bicyclic) bond motifs is 1. The van der Waals surface area contributed by atoms with E-state index in [1.54, 1.807) is 11.8 Å². The van der Waals surface area contributed by atoms with Gasteiger partial charge in [-0.1, -0.05) is 30.0 Å². The molecule has 1 saturated heterocycles. The van der Waals surface area contributed by atoms with Crippen LogP contribution < -0.4 is 0 Å². The van der Waals surface area contributed by atoms with Gasteiger partial charge in [-0.3, -0.25) is 9.59 Å². The Kier molecular flexibility index (Phi) is 5.04. The summed E-state index contributed by atoms with van der Waals surface area (Å²) in [5.41, 5.74) is 2.13. The number of hydrogen-bond donors (Lipinski definition) is 0. The Bertz CT molecular complexity index is 770. The number of nitrogens with zero attached hydrogens (tertiary/aromatic N) is 3. The Hall–Kier alpha value is -2.08. The normalized spacial score (nSPS) is 14.9. The van der Waals surface area contributed by atoms with Gasteiger partial charge in [0.15, 0.2) is 0 Å². The molecule has 126 valence electrons. The van der Waals surface area contributed by atoms with Crippen LogP contribution in [0.2, 0.25) is 0 Å². The SMILES string of the molecule is CC(=O)N1CCN(C(=O)CSc2cc(C)c3ccccc3n2)CC1. The van der Waals surface area contributed by atoms with Crippen molar-refractivity contribution in [1.82, 2.24) is 14.8 Å². The largest absolute Gasteiger partial charge is 0.339 e. The van der Waals surface area contributed by atoms with Crippen LogP contribution in [0.4, 0.5) is 0 Å². The number of thioether (sulfide) groups is 1. The summed E-state index contributed by atoms with van der Waals surface area (Å²) in [6.07, 6.45) is 0. The molecule has 1 aromatic carbocycles. The van der Waals surface area contributed by atoms with E-state index in [0.717, 1.165) is 15.9 Å². The summed E-state index contributed by atoms with van der Waals surface area (Å²) in [5.74, 6) is 0.563. The van der Waals surface area contributed by atoms with Crippen LogP contribution in [-0.4, -0.2) is 58.5 Å². The second-order valence-corrected chi connectivity index (χ2v) is 6.97. The maximum Gasteiger partial charge on any atom is 0.233 e. The Balaban J connectivity index is 1.60. The second kappa shape index (κ2) is 7.21. The van der Waals surface area contributed by atoms with E-state index < -0.39 is 0 Å². The first-order chi connectivity index (χ1) is 11.5. The number of para-hydroxylation sites is 1. The molecule has 2 heterocycles. The van der Waals surface area contributed by atoms with Crippen LogP contribution >= 0.6 is 11.8 Å². The van der Waals surface area contributed by atoms with E-state index in [0.29, 0.717) is 31.9 Å². The molecule has 1 fully saturated rings. The lowest BCUT2D eigenvalue weighted by molar-refractivity contribution is -0.136. The average Bonchev–Trinajstić information content (AvgIpc) is 2.60. The molecule has 5 nitrogen and oxygen atoms in total. The molecule has 0 N–H and O–H groups in total. The van der Waals surface area contributed by atoms with Crippen LogP contribution in [0, 0.1) is 6.92 Å². The van der Waals surface area contributed by atoms with E-state index in [4.69, 9.17) is 0 Å². The fraction of sp³-hybridized carbons (Fsp3) is 0.389. The first-order valence-electron chi connectivity index (χ1n) is 8.07. The first kappa shape index (κ1) is 16.8. The van der Waals surface area contributed by atoms with Crippen molar-refractivity contribution in [1.29, 1.82) is 0 Å². The highest BCUT2D eigenvalue weighted by atomic mass is 32.2. The summed E-state index contributed by atoms with van der Waals surface area (Å²) in [7, 11) is 0. The number of rotatable bonds is 3. The van der Waals surface area contributed by atoms with Crippen LogP contribution in [0.3, 0.4) is 0 Å². The van der Waals surface area contributed by atoms with Gasteiger partial charge in [-0.15, -0.1) is 0 Å². The molecule has 1 aromatic heterocycles. The van der Waals surface area contributed by atoms with E-state index in [2.05, 4.69) is 18.0 Å². The fourth-order valence-corrected chi connectivity index (χ4v) is 3.77. The number of piperazine rings is 1. The number of carbonyl (C=O) groups excluding carboxylic acids is 2. The first-order valence-corrected chi connectivity index (χ1v) is 9.05. The molecule has 24 heavy (non-hydrogen) atoms. The number of benzene rings is 1. The number of pyridine rings is 1. The van der Waals surface area contributed by atoms with Gasteiger partial charge < -0.3 is 9.80 Å². The molecule has 0 atom stereocenters. The molecule has 3 rings (SSSR count). The molecule has 2 aromatic rings. The van der Waals surface area contributed by atoms with E-state index in [1.807, 2.05) is 29.2 Å². The number of carbonyl (C=O) groups is 2. The number of aromatic nitrogens is 1. The predicted octanol–water partition coefficient (Wildman–Crippen LogP) is 2.33. The molecule has 0 unspecified atom stereocenters. The van der Waals surface area contributed by atoms with Crippen LogP contribution in [-0.2, 0) is 9.59 Å². The van der Waals surface area contributed by atoms with Gasteiger partial charge in [0.25, 0.3) is 0 Å². The van der Waals surface area contributed by atoms with Crippen molar-refractivity contribution in [2.75, 3.05) is 31.9 Å². The van der Waals surface area contributed by atoms with Gasteiger partial charge in [0.05, 0.1) is 16.3 Å². The molecule has 1 aliphatic rings. The number of amides is 2. The van der Waals surface area contributed by atoms with Gasteiger partial charge >= 0.3 is 0 Å². The minimum Gasteiger partial charge on any atom is -0.339 e. The molecule has 1 aliphatic heterocycles. The number of aryl methyl sites for hydroxylation is 1. The van der Waals surface area contributed by atoms with Crippen molar-refractivity contribution in [2.24, 2.45) is 0 Å². The summed E-state index contributed by atoms with van der Waals surface area (Å²) in [6, 6.07) is 10.1. The highest BCUT2D eigenvalue weighted by Gasteiger charge is 2.22. The highest BCUT2D eigenvalue weighted by molar-refractivity contribution is 7.99. The van der Waals surface area contributed by atoms with Crippen molar-refractivity contribution in [3.8, 4) is 0 Å². The van der Waals surface area contributed by atoms with Crippen LogP contribution in [0.1, 0.15) is 12.5 Å².